The highest BCUT2D eigenvalue weighted by Crippen LogP contribution is 2.39. The predicted molar refractivity (Wildman–Crippen MR) is 113 cm³/mol. The van der Waals surface area contributed by atoms with Crippen LogP contribution in [0.3, 0.4) is 0 Å². The van der Waals surface area contributed by atoms with E-state index in [-0.39, 0.29) is 6.03 Å². The highest BCUT2D eigenvalue weighted by Gasteiger charge is 2.27. The average molecular weight is 400 g/mol. The number of urea groups is 1. The third kappa shape index (κ3) is 3.45. The molecule has 150 valence electrons. The van der Waals surface area contributed by atoms with Crippen LogP contribution in [0.5, 0.6) is 0 Å². The number of carbonyl (C=O) groups is 1. The summed E-state index contributed by atoms with van der Waals surface area (Å²) in [7, 11) is 0. The number of rotatable bonds is 2. The largest absolute Gasteiger partial charge is 0.352 e. The van der Waals surface area contributed by atoms with Gasteiger partial charge in [0.05, 0.1) is 5.39 Å². The molecule has 3 heterocycles. The van der Waals surface area contributed by atoms with E-state index >= 15 is 0 Å². The van der Waals surface area contributed by atoms with Gasteiger partial charge >= 0.3 is 6.03 Å². The molecule has 0 aromatic carbocycles. The number of carbonyl (C=O) groups excluding carboxylic acids is 1. The number of amides is 2. The molecule has 28 heavy (non-hydrogen) atoms. The Balaban J connectivity index is 1.28. The van der Waals surface area contributed by atoms with Gasteiger partial charge in [-0.2, -0.15) is 0 Å². The summed E-state index contributed by atoms with van der Waals surface area (Å²) < 4.78 is 0. The van der Waals surface area contributed by atoms with Gasteiger partial charge in [-0.3, -0.25) is 0 Å². The molecule has 2 amide bonds. The fraction of sp³-hybridized carbons (Fsp3) is 0.667. The van der Waals surface area contributed by atoms with Crippen molar-refractivity contribution in [3.8, 4) is 0 Å². The molecule has 1 saturated carbocycles. The maximum Gasteiger partial charge on any atom is 0.317 e. The summed E-state index contributed by atoms with van der Waals surface area (Å²) in [5, 5.41) is 4.53. The van der Waals surface area contributed by atoms with Crippen molar-refractivity contribution in [2.75, 3.05) is 31.1 Å². The fourth-order valence-corrected chi connectivity index (χ4v) is 6.17. The molecule has 0 spiro atoms. The molecule has 0 atom stereocenters. The summed E-state index contributed by atoms with van der Waals surface area (Å²) in [6.45, 7) is 3.20. The van der Waals surface area contributed by atoms with Crippen LogP contribution in [0.4, 0.5) is 10.6 Å². The molecule has 0 radical (unpaired) electrons. The minimum atomic E-state index is 0.118. The lowest BCUT2D eigenvalue weighted by Crippen LogP contribution is -2.53. The lowest BCUT2D eigenvalue weighted by molar-refractivity contribution is 0.186. The Hall–Kier alpha value is -1.89. The quantitative estimate of drug-likeness (QED) is 0.836. The summed E-state index contributed by atoms with van der Waals surface area (Å²) >= 11 is 1.85. The first kappa shape index (κ1) is 18.2. The number of hydrogen-bond donors (Lipinski definition) is 1. The highest BCUT2D eigenvalue weighted by atomic mass is 32.1. The van der Waals surface area contributed by atoms with Crippen molar-refractivity contribution in [2.45, 2.75) is 63.8 Å². The molecule has 1 N–H and O–H groups in total. The SMILES string of the molecule is O=C(NC1CCCCC1)N1CCN(c2ncnc3sc4c(c23)CCCC4)CC1. The van der Waals surface area contributed by atoms with E-state index in [1.165, 1.54) is 54.4 Å². The third-order valence-corrected chi connectivity index (χ3v) is 7.73. The van der Waals surface area contributed by atoms with Crippen molar-refractivity contribution in [1.29, 1.82) is 0 Å². The van der Waals surface area contributed by atoms with Gasteiger partial charge in [-0.05, 0) is 44.1 Å². The van der Waals surface area contributed by atoms with Crippen LogP contribution in [0, 0.1) is 0 Å². The van der Waals surface area contributed by atoms with E-state index in [9.17, 15) is 4.79 Å². The third-order valence-electron chi connectivity index (χ3n) is 6.53. The fourth-order valence-electron chi connectivity index (χ4n) is 4.95. The zero-order chi connectivity index (χ0) is 18.9. The highest BCUT2D eigenvalue weighted by molar-refractivity contribution is 7.19. The van der Waals surface area contributed by atoms with Gasteiger partial charge in [0.1, 0.15) is 17.0 Å². The number of nitrogens with zero attached hydrogens (tertiary/aromatic N) is 4. The summed E-state index contributed by atoms with van der Waals surface area (Å²) in [5.41, 5.74) is 1.49. The zero-order valence-corrected chi connectivity index (χ0v) is 17.3. The molecule has 6 nitrogen and oxygen atoms in total. The summed E-state index contributed by atoms with van der Waals surface area (Å²) in [6.07, 6.45) is 12.7. The Labute approximate surface area is 170 Å². The van der Waals surface area contributed by atoms with E-state index < -0.39 is 0 Å². The van der Waals surface area contributed by atoms with Crippen molar-refractivity contribution >= 4 is 33.4 Å². The van der Waals surface area contributed by atoms with Gasteiger partial charge in [0.15, 0.2) is 0 Å². The number of nitrogens with one attached hydrogen (secondary N) is 1. The van der Waals surface area contributed by atoms with E-state index in [1.807, 2.05) is 16.2 Å². The number of anilines is 1. The lowest BCUT2D eigenvalue weighted by atomic mass is 9.96. The molecule has 7 heteroatoms. The van der Waals surface area contributed by atoms with Crippen LogP contribution in [-0.2, 0) is 12.8 Å². The van der Waals surface area contributed by atoms with E-state index in [4.69, 9.17) is 0 Å². The second-order valence-corrected chi connectivity index (χ2v) is 9.43. The van der Waals surface area contributed by atoms with Crippen LogP contribution >= 0.6 is 11.3 Å². The number of aromatic nitrogens is 2. The minimum absolute atomic E-state index is 0.118. The first-order valence-electron chi connectivity index (χ1n) is 10.9. The smallest absolute Gasteiger partial charge is 0.317 e. The average Bonchev–Trinajstić information content (AvgIpc) is 3.13. The van der Waals surface area contributed by atoms with E-state index in [2.05, 4.69) is 20.2 Å². The van der Waals surface area contributed by atoms with Crippen LogP contribution in [0.1, 0.15) is 55.4 Å². The van der Waals surface area contributed by atoms with Crippen molar-refractivity contribution in [2.24, 2.45) is 0 Å². The zero-order valence-electron chi connectivity index (χ0n) is 16.5. The molecule has 1 saturated heterocycles. The van der Waals surface area contributed by atoms with Gasteiger partial charge < -0.3 is 15.1 Å². The molecule has 2 aliphatic carbocycles. The molecular formula is C21H29N5OS. The summed E-state index contributed by atoms with van der Waals surface area (Å²) in [5.74, 6) is 1.08. The first-order chi connectivity index (χ1) is 13.8. The van der Waals surface area contributed by atoms with Crippen LogP contribution < -0.4 is 10.2 Å². The number of aryl methyl sites for hydroxylation is 2. The Morgan fingerprint density at radius 3 is 2.61 bits per heavy atom. The molecular weight excluding hydrogens is 370 g/mol. The van der Waals surface area contributed by atoms with Crippen molar-refractivity contribution in [1.82, 2.24) is 20.2 Å². The Bertz CT molecular complexity index is 852. The summed E-state index contributed by atoms with van der Waals surface area (Å²) in [6, 6.07) is 0.491. The number of hydrogen-bond acceptors (Lipinski definition) is 5. The van der Waals surface area contributed by atoms with E-state index in [1.54, 1.807) is 6.33 Å². The molecule has 2 fully saturated rings. The molecule has 2 aromatic heterocycles. The predicted octanol–water partition coefficient (Wildman–Crippen LogP) is 3.73. The Morgan fingerprint density at radius 2 is 1.79 bits per heavy atom. The van der Waals surface area contributed by atoms with E-state index in [0.29, 0.717) is 6.04 Å². The van der Waals surface area contributed by atoms with Crippen LogP contribution in [-0.4, -0.2) is 53.1 Å². The molecule has 3 aliphatic rings. The standard InChI is InChI=1S/C21H29N5OS/c27-21(24-15-6-2-1-3-7-15)26-12-10-25(11-13-26)19-18-16-8-4-5-9-17(16)28-20(18)23-14-22-19/h14-15H,1-13H2,(H,24,27). The van der Waals surface area contributed by atoms with Crippen molar-refractivity contribution in [3.05, 3.63) is 16.8 Å². The summed E-state index contributed by atoms with van der Waals surface area (Å²) in [4.78, 5) is 28.9. The first-order valence-corrected chi connectivity index (χ1v) is 11.7. The number of thiophene rings is 1. The molecule has 5 rings (SSSR count). The van der Waals surface area contributed by atoms with Crippen LogP contribution in [0.25, 0.3) is 10.2 Å². The van der Waals surface area contributed by atoms with E-state index in [0.717, 1.165) is 56.1 Å². The van der Waals surface area contributed by atoms with Crippen LogP contribution in [0.2, 0.25) is 0 Å². The lowest BCUT2D eigenvalue weighted by Gasteiger charge is -2.36. The van der Waals surface area contributed by atoms with Gasteiger partial charge in [-0.25, -0.2) is 14.8 Å². The number of fused-ring (bicyclic) bond motifs is 3. The Kier molecular flexibility index (Phi) is 5.09. The van der Waals surface area contributed by atoms with Gasteiger partial charge in [-0.15, -0.1) is 11.3 Å². The maximum atomic E-state index is 12.6. The molecule has 1 aliphatic heterocycles. The van der Waals surface area contributed by atoms with Crippen LogP contribution in [0.15, 0.2) is 6.33 Å². The normalized spacial score (nSPS) is 21.0. The molecule has 2 aromatic rings. The Morgan fingerprint density at radius 1 is 1.00 bits per heavy atom. The van der Waals surface area contributed by atoms with Gasteiger partial charge in [-0.1, -0.05) is 19.3 Å². The second kappa shape index (κ2) is 7.85. The van der Waals surface area contributed by atoms with Gasteiger partial charge in [0.25, 0.3) is 0 Å². The van der Waals surface area contributed by atoms with Gasteiger partial charge in [0.2, 0.25) is 0 Å². The number of piperazine rings is 1. The van der Waals surface area contributed by atoms with Crippen molar-refractivity contribution in [3.63, 3.8) is 0 Å². The topological polar surface area (TPSA) is 61.4 Å². The second-order valence-electron chi connectivity index (χ2n) is 8.35. The maximum absolute atomic E-state index is 12.6. The molecule has 0 bridgehead atoms. The molecule has 0 unspecified atom stereocenters. The monoisotopic (exact) mass is 399 g/mol. The minimum Gasteiger partial charge on any atom is -0.352 e. The van der Waals surface area contributed by atoms with Crippen molar-refractivity contribution < 1.29 is 4.79 Å². The van der Waals surface area contributed by atoms with Gasteiger partial charge in [0, 0.05) is 37.1 Å².